The molecule has 9 heteroatoms. The molecule has 2 aliphatic carbocycles. The van der Waals surface area contributed by atoms with Crippen molar-refractivity contribution in [2.45, 2.75) is 44.4 Å². The maximum atomic E-state index is 13.2. The third kappa shape index (κ3) is 3.29. The van der Waals surface area contributed by atoms with Crippen LogP contribution in [0.3, 0.4) is 0 Å². The van der Waals surface area contributed by atoms with Crippen molar-refractivity contribution in [3.05, 3.63) is 27.2 Å². The van der Waals surface area contributed by atoms with Gasteiger partial charge in [0.05, 0.1) is 15.7 Å². The van der Waals surface area contributed by atoms with Crippen molar-refractivity contribution in [2.24, 2.45) is 5.41 Å². The normalized spacial score (nSPS) is 24.0. The van der Waals surface area contributed by atoms with Crippen molar-refractivity contribution >= 4 is 34.9 Å². The van der Waals surface area contributed by atoms with Crippen molar-refractivity contribution in [3.8, 4) is 0 Å². The first kappa shape index (κ1) is 18.6. The average molecular weight is 397 g/mol. The van der Waals surface area contributed by atoms with Gasteiger partial charge in [0.1, 0.15) is 0 Å². The van der Waals surface area contributed by atoms with E-state index in [0.717, 1.165) is 18.9 Å². The fourth-order valence-electron chi connectivity index (χ4n) is 2.96. The molecule has 0 spiro atoms. The average Bonchev–Trinajstić information content (AvgIpc) is 3.14. The van der Waals surface area contributed by atoms with Gasteiger partial charge in [0.15, 0.2) is 5.60 Å². The number of hydrogen-bond donors (Lipinski definition) is 3. The van der Waals surface area contributed by atoms with Crippen LogP contribution in [0, 0.1) is 5.41 Å². The van der Waals surface area contributed by atoms with Gasteiger partial charge in [-0.15, -0.1) is 0 Å². The molecule has 1 atom stereocenters. The van der Waals surface area contributed by atoms with Gasteiger partial charge < -0.3 is 15.7 Å². The Hall–Kier alpha value is -1.18. The van der Waals surface area contributed by atoms with Gasteiger partial charge in [-0.2, -0.15) is 13.2 Å². The summed E-state index contributed by atoms with van der Waals surface area (Å²) in [6.07, 6.45) is -3.37. The number of halogens is 5. The van der Waals surface area contributed by atoms with Gasteiger partial charge in [-0.3, -0.25) is 0 Å². The molecule has 0 saturated heterocycles. The zero-order chi connectivity index (χ0) is 18.6. The van der Waals surface area contributed by atoms with Crippen molar-refractivity contribution in [1.29, 1.82) is 0 Å². The van der Waals surface area contributed by atoms with Crippen LogP contribution in [0.5, 0.6) is 0 Å². The number of fused-ring (bicyclic) bond motifs is 1. The number of alkyl halides is 3. The number of aliphatic hydroxyl groups is 1. The summed E-state index contributed by atoms with van der Waals surface area (Å²) in [6.45, 7) is 2.54. The molecule has 2 aliphatic rings. The summed E-state index contributed by atoms with van der Waals surface area (Å²) in [5.41, 5.74) is -3.03. The molecule has 1 fully saturated rings. The predicted molar refractivity (Wildman–Crippen MR) is 89.1 cm³/mol. The minimum absolute atomic E-state index is 0.0481. The topological polar surface area (TPSA) is 61.4 Å². The first-order chi connectivity index (χ1) is 11.5. The van der Waals surface area contributed by atoms with E-state index in [1.165, 1.54) is 0 Å². The van der Waals surface area contributed by atoms with E-state index < -0.39 is 24.2 Å². The molecule has 1 aromatic carbocycles. The van der Waals surface area contributed by atoms with Gasteiger partial charge in [-0.25, -0.2) is 4.79 Å². The minimum atomic E-state index is -4.84. The molecule has 1 aromatic rings. The highest BCUT2D eigenvalue weighted by molar-refractivity contribution is 6.40. The summed E-state index contributed by atoms with van der Waals surface area (Å²) in [7, 11) is 0. The van der Waals surface area contributed by atoms with Gasteiger partial charge in [0.25, 0.3) is 0 Å². The molecule has 0 aliphatic heterocycles. The molecule has 25 heavy (non-hydrogen) atoms. The smallest absolute Gasteiger partial charge is 0.376 e. The van der Waals surface area contributed by atoms with Crippen LogP contribution in [0.15, 0.2) is 6.07 Å². The molecule has 1 unspecified atom stereocenters. The van der Waals surface area contributed by atoms with Crippen LogP contribution in [-0.4, -0.2) is 23.9 Å². The van der Waals surface area contributed by atoms with Crippen molar-refractivity contribution in [3.63, 3.8) is 0 Å². The molecule has 0 aromatic heterocycles. The number of carbonyl (C=O) groups excluding carboxylic acids is 1. The number of amides is 2. The maximum absolute atomic E-state index is 13.2. The SMILES string of the molecule is CC1(CNC(=O)Nc2c(Cl)cc3c(c2Cl)CCC3(O)C(F)(F)F)CC1. The van der Waals surface area contributed by atoms with Crippen LogP contribution in [0.4, 0.5) is 23.7 Å². The van der Waals surface area contributed by atoms with Crippen LogP contribution >= 0.6 is 23.2 Å². The monoisotopic (exact) mass is 396 g/mol. The molecule has 0 bridgehead atoms. The highest BCUT2D eigenvalue weighted by Gasteiger charge is 2.58. The second-order valence-corrected chi connectivity index (χ2v) is 7.84. The summed E-state index contributed by atoms with van der Waals surface area (Å²) < 4.78 is 39.6. The largest absolute Gasteiger partial charge is 0.421 e. The summed E-state index contributed by atoms with van der Waals surface area (Å²) in [4.78, 5) is 12.0. The van der Waals surface area contributed by atoms with Gasteiger partial charge in [-0.1, -0.05) is 30.1 Å². The Morgan fingerprint density at radius 1 is 1.32 bits per heavy atom. The number of rotatable bonds is 3. The number of anilines is 1. The number of urea groups is 1. The van der Waals surface area contributed by atoms with Gasteiger partial charge in [0.2, 0.25) is 0 Å². The van der Waals surface area contributed by atoms with E-state index in [-0.39, 0.29) is 38.7 Å². The van der Waals surface area contributed by atoms with Crippen LogP contribution < -0.4 is 10.6 Å². The Morgan fingerprint density at radius 3 is 2.52 bits per heavy atom. The summed E-state index contributed by atoms with van der Waals surface area (Å²) >= 11 is 12.2. The molecular formula is C16H17Cl2F3N2O2. The lowest BCUT2D eigenvalue weighted by molar-refractivity contribution is -0.265. The molecule has 138 valence electrons. The first-order valence-electron chi connectivity index (χ1n) is 7.82. The zero-order valence-electron chi connectivity index (χ0n) is 13.4. The van der Waals surface area contributed by atoms with Crippen molar-refractivity contribution in [1.82, 2.24) is 5.32 Å². The lowest BCUT2D eigenvalue weighted by atomic mass is 9.95. The molecule has 2 amide bonds. The lowest BCUT2D eigenvalue weighted by Crippen LogP contribution is -2.40. The molecule has 0 heterocycles. The number of nitrogens with one attached hydrogen (secondary N) is 2. The summed E-state index contributed by atoms with van der Waals surface area (Å²) in [5, 5.41) is 15.0. The van der Waals surface area contributed by atoms with Crippen LogP contribution in [0.25, 0.3) is 0 Å². The summed E-state index contributed by atoms with van der Waals surface area (Å²) in [6, 6.07) is 0.502. The van der Waals surface area contributed by atoms with Crippen molar-refractivity contribution in [2.75, 3.05) is 11.9 Å². The maximum Gasteiger partial charge on any atom is 0.421 e. The van der Waals surface area contributed by atoms with Crippen LogP contribution in [0.2, 0.25) is 10.0 Å². The van der Waals surface area contributed by atoms with E-state index in [0.29, 0.717) is 6.54 Å². The van der Waals surface area contributed by atoms with Gasteiger partial charge >= 0.3 is 12.2 Å². The van der Waals surface area contributed by atoms with Crippen LogP contribution in [0.1, 0.15) is 37.3 Å². The Morgan fingerprint density at radius 2 is 1.96 bits per heavy atom. The molecule has 0 radical (unpaired) electrons. The minimum Gasteiger partial charge on any atom is -0.376 e. The van der Waals surface area contributed by atoms with E-state index in [1.54, 1.807) is 0 Å². The highest BCUT2D eigenvalue weighted by atomic mass is 35.5. The third-order valence-electron chi connectivity index (χ3n) is 4.99. The van der Waals surface area contributed by atoms with Crippen LogP contribution in [-0.2, 0) is 12.0 Å². The number of benzene rings is 1. The van der Waals surface area contributed by atoms with E-state index >= 15 is 0 Å². The lowest BCUT2D eigenvalue weighted by Gasteiger charge is -2.27. The Kier molecular flexibility index (Phi) is 4.41. The predicted octanol–water partition coefficient (Wildman–Crippen LogP) is 4.61. The molecule has 3 N–H and O–H groups in total. The molecule has 1 saturated carbocycles. The zero-order valence-corrected chi connectivity index (χ0v) is 14.9. The van der Waals surface area contributed by atoms with E-state index in [1.807, 2.05) is 6.92 Å². The van der Waals surface area contributed by atoms with Gasteiger partial charge in [-0.05, 0) is 48.3 Å². The second kappa shape index (κ2) is 5.93. The number of carbonyl (C=O) groups is 1. The number of hydrogen-bond acceptors (Lipinski definition) is 2. The third-order valence-corrected chi connectivity index (χ3v) is 5.70. The fourth-order valence-corrected chi connectivity index (χ4v) is 3.61. The Bertz CT molecular complexity index is 735. The Labute approximate surface area is 152 Å². The highest BCUT2D eigenvalue weighted by Crippen LogP contribution is 2.52. The van der Waals surface area contributed by atoms with E-state index in [2.05, 4.69) is 10.6 Å². The van der Waals surface area contributed by atoms with E-state index in [9.17, 15) is 23.1 Å². The quantitative estimate of drug-likeness (QED) is 0.698. The van der Waals surface area contributed by atoms with E-state index in [4.69, 9.17) is 23.2 Å². The first-order valence-corrected chi connectivity index (χ1v) is 8.58. The molecule has 3 rings (SSSR count). The standard InChI is InChI=1S/C16H17Cl2F3N2O2/c1-14(4-5-14)7-22-13(24)23-12-10(17)6-9-8(11(12)18)2-3-15(9,25)16(19,20)21/h6,25H,2-5,7H2,1H3,(H2,22,23,24). The second-order valence-electron chi connectivity index (χ2n) is 7.05. The van der Waals surface area contributed by atoms with Crippen molar-refractivity contribution < 1.29 is 23.1 Å². The van der Waals surface area contributed by atoms with Gasteiger partial charge in [0, 0.05) is 6.54 Å². The fraction of sp³-hybridized carbons (Fsp3) is 0.562. The molecular weight excluding hydrogens is 380 g/mol. The summed E-state index contributed by atoms with van der Waals surface area (Å²) in [5.74, 6) is 0. The molecule has 4 nitrogen and oxygen atoms in total. The Balaban J connectivity index is 1.85.